The largest absolute Gasteiger partial charge is 0.351 e. The topological polar surface area (TPSA) is 62.6 Å². The zero-order valence-electron chi connectivity index (χ0n) is 11.8. The molecule has 0 saturated heterocycles. The third-order valence-corrected chi connectivity index (χ3v) is 2.88. The molecular weight excluding hydrogens is 278 g/mol. The maximum atomic E-state index is 11.8. The number of carbonyl (C=O) groups is 2. The lowest BCUT2D eigenvalue weighted by molar-refractivity contribution is -0.862. The average molecular weight is 299 g/mol. The summed E-state index contributed by atoms with van der Waals surface area (Å²) in [5, 5.41) is 6.18. The summed E-state index contributed by atoms with van der Waals surface area (Å²) in [6.07, 6.45) is 0.905. The second-order valence-electron chi connectivity index (χ2n) is 4.72. The molecule has 20 heavy (non-hydrogen) atoms. The summed E-state index contributed by atoms with van der Waals surface area (Å²) >= 11 is 5.77. The maximum Gasteiger partial charge on any atom is 0.279 e. The number of nitrogens with one attached hydrogen (secondary N) is 3. The molecule has 3 N–H and O–H groups in total. The first-order valence-corrected chi connectivity index (χ1v) is 7.02. The highest BCUT2D eigenvalue weighted by molar-refractivity contribution is 6.30. The molecule has 0 radical (unpaired) electrons. The Morgan fingerprint density at radius 1 is 1.15 bits per heavy atom. The fourth-order valence-corrected chi connectivity index (χ4v) is 1.80. The number of halogens is 1. The van der Waals surface area contributed by atoms with Crippen molar-refractivity contribution in [2.45, 2.75) is 13.3 Å². The van der Waals surface area contributed by atoms with Gasteiger partial charge in [-0.3, -0.25) is 9.59 Å². The van der Waals surface area contributed by atoms with Gasteiger partial charge in [-0.2, -0.15) is 0 Å². The average Bonchev–Trinajstić information content (AvgIpc) is 2.38. The molecule has 1 rings (SSSR count). The minimum absolute atomic E-state index is 0.0383. The van der Waals surface area contributed by atoms with E-state index in [-0.39, 0.29) is 24.9 Å². The van der Waals surface area contributed by atoms with E-state index in [0.29, 0.717) is 17.3 Å². The SMILES string of the molecule is CCCNC(=O)C[NH+](C)CC(=O)Nc1ccc(Cl)cc1. The van der Waals surface area contributed by atoms with Crippen molar-refractivity contribution in [3.63, 3.8) is 0 Å². The maximum absolute atomic E-state index is 11.8. The van der Waals surface area contributed by atoms with Crippen molar-refractivity contribution in [2.75, 3.05) is 32.0 Å². The molecule has 1 unspecified atom stereocenters. The van der Waals surface area contributed by atoms with Crippen LogP contribution >= 0.6 is 11.6 Å². The van der Waals surface area contributed by atoms with Crippen LogP contribution in [0.2, 0.25) is 5.02 Å². The van der Waals surface area contributed by atoms with Gasteiger partial charge >= 0.3 is 0 Å². The molecule has 1 aromatic carbocycles. The highest BCUT2D eigenvalue weighted by Crippen LogP contribution is 2.12. The van der Waals surface area contributed by atoms with E-state index in [1.54, 1.807) is 24.3 Å². The van der Waals surface area contributed by atoms with Crippen molar-refractivity contribution in [3.8, 4) is 0 Å². The van der Waals surface area contributed by atoms with Gasteiger partial charge in [0.15, 0.2) is 13.1 Å². The summed E-state index contributed by atoms with van der Waals surface area (Å²) in [5.41, 5.74) is 0.697. The highest BCUT2D eigenvalue weighted by atomic mass is 35.5. The smallest absolute Gasteiger partial charge is 0.279 e. The van der Waals surface area contributed by atoms with Gasteiger partial charge in [-0.05, 0) is 30.7 Å². The van der Waals surface area contributed by atoms with E-state index in [1.165, 1.54) is 0 Å². The molecule has 0 spiro atoms. The molecule has 6 heteroatoms. The Balaban J connectivity index is 2.34. The highest BCUT2D eigenvalue weighted by Gasteiger charge is 2.13. The van der Waals surface area contributed by atoms with Crippen molar-refractivity contribution in [3.05, 3.63) is 29.3 Å². The monoisotopic (exact) mass is 298 g/mol. The van der Waals surface area contributed by atoms with Crippen LogP contribution in [0.3, 0.4) is 0 Å². The predicted octanol–water partition coefficient (Wildman–Crippen LogP) is 0.319. The van der Waals surface area contributed by atoms with Crippen molar-refractivity contribution < 1.29 is 14.5 Å². The van der Waals surface area contributed by atoms with Gasteiger partial charge < -0.3 is 15.5 Å². The Bertz CT molecular complexity index is 448. The molecule has 0 aromatic heterocycles. The van der Waals surface area contributed by atoms with Crippen molar-refractivity contribution >= 4 is 29.1 Å². The summed E-state index contributed by atoms with van der Waals surface area (Å²) in [7, 11) is 1.81. The van der Waals surface area contributed by atoms with Crippen LogP contribution < -0.4 is 15.5 Å². The molecule has 0 aliphatic heterocycles. The first-order valence-electron chi connectivity index (χ1n) is 6.64. The van der Waals surface area contributed by atoms with Gasteiger partial charge in [0, 0.05) is 17.3 Å². The second-order valence-corrected chi connectivity index (χ2v) is 5.15. The van der Waals surface area contributed by atoms with Crippen molar-refractivity contribution in [1.29, 1.82) is 0 Å². The third-order valence-electron chi connectivity index (χ3n) is 2.62. The van der Waals surface area contributed by atoms with Crippen LogP contribution in [0.25, 0.3) is 0 Å². The Labute approximate surface area is 124 Å². The zero-order chi connectivity index (χ0) is 15.0. The van der Waals surface area contributed by atoms with E-state index in [1.807, 2.05) is 14.0 Å². The Kier molecular flexibility index (Phi) is 7.04. The fourth-order valence-electron chi connectivity index (χ4n) is 1.68. The normalized spacial score (nSPS) is 11.8. The first kappa shape index (κ1) is 16.5. The van der Waals surface area contributed by atoms with Gasteiger partial charge in [0.2, 0.25) is 0 Å². The molecule has 1 atom stereocenters. The quantitative estimate of drug-likeness (QED) is 0.679. The zero-order valence-corrected chi connectivity index (χ0v) is 12.6. The number of anilines is 1. The minimum atomic E-state index is -0.131. The van der Waals surface area contributed by atoms with Crippen LogP contribution in [0.5, 0.6) is 0 Å². The number of quaternary nitrogens is 1. The number of rotatable bonds is 7. The van der Waals surface area contributed by atoms with E-state index in [2.05, 4.69) is 10.6 Å². The van der Waals surface area contributed by atoms with Crippen molar-refractivity contribution in [1.82, 2.24) is 5.32 Å². The summed E-state index contributed by atoms with van der Waals surface area (Å²) in [5.74, 6) is -0.170. The molecule has 5 nitrogen and oxygen atoms in total. The summed E-state index contributed by atoms with van der Waals surface area (Å²) in [4.78, 5) is 24.2. The Hall–Kier alpha value is -1.59. The van der Waals surface area contributed by atoms with Gasteiger partial charge in [0.1, 0.15) is 0 Å². The van der Waals surface area contributed by atoms with Gasteiger partial charge in [0.25, 0.3) is 11.8 Å². The van der Waals surface area contributed by atoms with Crippen molar-refractivity contribution in [2.24, 2.45) is 0 Å². The molecule has 1 aromatic rings. The van der Waals surface area contributed by atoms with Gasteiger partial charge in [-0.1, -0.05) is 18.5 Å². The Morgan fingerprint density at radius 3 is 2.35 bits per heavy atom. The molecule has 0 aliphatic rings. The van der Waals surface area contributed by atoms with E-state index in [4.69, 9.17) is 11.6 Å². The number of amides is 2. The molecule has 0 fully saturated rings. The predicted molar refractivity (Wildman–Crippen MR) is 80.0 cm³/mol. The standard InChI is InChI=1S/C14H20ClN3O2/c1-3-8-16-13(19)9-18(2)10-14(20)17-12-6-4-11(15)5-7-12/h4-7H,3,8-10H2,1-2H3,(H,16,19)(H,17,20)/p+1. The summed E-state index contributed by atoms with van der Waals surface area (Å²) in [6.45, 7) is 3.19. The molecule has 2 amide bonds. The van der Waals surface area contributed by atoms with Gasteiger partial charge in [-0.25, -0.2) is 0 Å². The molecular formula is C14H21ClN3O2+. The van der Waals surface area contributed by atoms with Crippen LogP contribution in [-0.4, -0.2) is 38.5 Å². The minimum Gasteiger partial charge on any atom is -0.351 e. The summed E-state index contributed by atoms with van der Waals surface area (Å²) < 4.78 is 0. The van der Waals surface area contributed by atoms with Crippen LogP contribution in [0, 0.1) is 0 Å². The van der Waals surface area contributed by atoms with Gasteiger partial charge in [-0.15, -0.1) is 0 Å². The lowest BCUT2D eigenvalue weighted by atomic mass is 10.3. The number of likely N-dealkylation sites (N-methyl/N-ethyl adjacent to an activating group) is 1. The van der Waals surface area contributed by atoms with E-state index in [9.17, 15) is 9.59 Å². The third kappa shape index (κ3) is 6.54. The molecule has 0 saturated carbocycles. The molecule has 110 valence electrons. The van der Waals surface area contributed by atoms with Gasteiger partial charge in [0.05, 0.1) is 7.05 Å². The summed E-state index contributed by atoms with van der Waals surface area (Å²) in [6, 6.07) is 6.91. The van der Waals surface area contributed by atoms with Crippen LogP contribution in [-0.2, 0) is 9.59 Å². The van der Waals surface area contributed by atoms with Crippen LogP contribution in [0.4, 0.5) is 5.69 Å². The molecule has 0 heterocycles. The number of hydrogen-bond acceptors (Lipinski definition) is 2. The number of carbonyl (C=O) groups excluding carboxylic acids is 2. The number of hydrogen-bond donors (Lipinski definition) is 3. The Morgan fingerprint density at radius 2 is 1.75 bits per heavy atom. The lowest BCUT2D eigenvalue weighted by Gasteiger charge is -2.13. The molecule has 0 aliphatic carbocycles. The lowest BCUT2D eigenvalue weighted by Crippen LogP contribution is -3.11. The van der Waals surface area contributed by atoms with E-state index in [0.717, 1.165) is 11.3 Å². The van der Waals surface area contributed by atoms with Crippen LogP contribution in [0.15, 0.2) is 24.3 Å². The number of benzene rings is 1. The van der Waals surface area contributed by atoms with E-state index >= 15 is 0 Å². The van der Waals surface area contributed by atoms with E-state index < -0.39 is 0 Å². The first-order chi connectivity index (χ1) is 9.51. The fraction of sp³-hybridized carbons (Fsp3) is 0.429. The van der Waals surface area contributed by atoms with Crippen LogP contribution in [0.1, 0.15) is 13.3 Å². The molecule has 0 bridgehead atoms. The second kappa shape index (κ2) is 8.55.